The van der Waals surface area contributed by atoms with Crippen LogP contribution in [0.1, 0.15) is 79.1 Å². The Labute approximate surface area is 170 Å². The summed E-state index contributed by atoms with van der Waals surface area (Å²) in [7, 11) is -4.14. The molecule has 2 unspecified atom stereocenters. The zero-order chi connectivity index (χ0) is 16.1. The van der Waals surface area contributed by atoms with Crippen LogP contribution >= 0.6 is 7.82 Å². The van der Waals surface area contributed by atoms with Crippen molar-refractivity contribution in [2.45, 2.75) is 79.1 Å². The van der Waals surface area contributed by atoms with E-state index in [1.165, 1.54) is 0 Å². The Morgan fingerprint density at radius 1 is 0.864 bits per heavy atom. The van der Waals surface area contributed by atoms with E-state index in [9.17, 15) is 9.46 Å². The molecule has 0 radical (unpaired) electrons. The second-order valence-electron chi connectivity index (χ2n) is 5.87. The van der Waals surface area contributed by atoms with E-state index >= 15 is 0 Å². The maximum Gasteiger partial charge on any atom is 0.267 e. The molecule has 0 aliphatic carbocycles. The Morgan fingerprint density at radius 2 is 1.23 bits per heavy atom. The van der Waals surface area contributed by atoms with E-state index in [-0.39, 0.29) is 54.1 Å². The molecule has 0 amide bonds. The minimum absolute atomic E-state index is 0. The predicted molar refractivity (Wildman–Crippen MR) is 86.1 cm³/mol. The summed E-state index contributed by atoms with van der Waals surface area (Å²) in [5.74, 6) is 0.607. The first-order valence-corrected chi connectivity index (χ1v) is 10.0. The molecule has 2 atom stereocenters. The van der Waals surface area contributed by atoms with Gasteiger partial charge in [0.25, 0.3) is 7.82 Å². The van der Waals surface area contributed by atoms with Gasteiger partial charge >= 0.3 is 0 Å². The Morgan fingerprint density at radius 3 is 1.50 bits per heavy atom. The van der Waals surface area contributed by atoms with Gasteiger partial charge in [-0.1, -0.05) is 66.2 Å². The van der Waals surface area contributed by atoms with Gasteiger partial charge in [0.2, 0.25) is 0 Å². The number of hydrogen-bond donors (Lipinski definition) is 0. The molecule has 0 spiro atoms. The van der Waals surface area contributed by atoms with Crippen molar-refractivity contribution in [1.29, 1.82) is 0 Å². The van der Waals surface area contributed by atoms with Crippen molar-refractivity contribution in [3.8, 4) is 0 Å². The molecule has 132 valence electrons. The minimum atomic E-state index is -4.14. The summed E-state index contributed by atoms with van der Waals surface area (Å²) in [4.78, 5) is 11.8. The van der Waals surface area contributed by atoms with Crippen molar-refractivity contribution in [2.75, 3.05) is 13.2 Å². The third-order valence-corrected chi connectivity index (χ3v) is 4.95. The summed E-state index contributed by atoms with van der Waals surface area (Å²) in [6.45, 7) is 8.91. The molecule has 0 aromatic carbocycles. The first-order chi connectivity index (χ1) is 9.99. The van der Waals surface area contributed by atoms with Crippen LogP contribution in [0, 0.1) is 52.7 Å². The monoisotopic (exact) mass is 463 g/mol. The van der Waals surface area contributed by atoms with Crippen LogP contribution in [0.15, 0.2) is 0 Å². The van der Waals surface area contributed by atoms with Gasteiger partial charge in [0, 0.05) is 40.8 Å². The summed E-state index contributed by atoms with van der Waals surface area (Å²) >= 11 is 0. The number of rotatable bonds is 14. The van der Waals surface area contributed by atoms with E-state index in [2.05, 4.69) is 27.7 Å². The van der Waals surface area contributed by atoms with Crippen molar-refractivity contribution >= 4 is 7.82 Å². The van der Waals surface area contributed by atoms with Gasteiger partial charge in [-0.15, -0.1) is 0 Å². The second kappa shape index (κ2) is 16.0. The van der Waals surface area contributed by atoms with Gasteiger partial charge in [-0.2, -0.15) is 0 Å². The van der Waals surface area contributed by atoms with Crippen molar-refractivity contribution in [2.24, 2.45) is 11.8 Å². The molecule has 0 bridgehead atoms. The zero-order valence-electron chi connectivity index (χ0n) is 14.8. The second-order valence-corrected chi connectivity index (χ2v) is 7.28. The van der Waals surface area contributed by atoms with Crippen molar-refractivity contribution in [3.05, 3.63) is 0 Å². The Balaban J connectivity index is 0. The predicted octanol–water partition coefficient (Wildman–Crippen LogP) is 4.92. The molecule has 0 saturated carbocycles. The number of hydrogen-bond acceptors (Lipinski definition) is 4. The first-order valence-electron chi connectivity index (χ1n) is 8.59. The molecule has 0 heterocycles. The molecule has 0 aromatic rings. The van der Waals surface area contributed by atoms with Gasteiger partial charge in [-0.3, -0.25) is 4.57 Å². The molecular weight excluding hydrogens is 431 g/mol. The summed E-state index contributed by atoms with van der Waals surface area (Å²) in [5, 5.41) is 0. The average Bonchev–Trinajstić information content (AvgIpc) is 2.47. The van der Waals surface area contributed by atoms with E-state index in [1.54, 1.807) is 0 Å². The molecule has 22 heavy (non-hydrogen) atoms. The third kappa shape index (κ3) is 13.9. The van der Waals surface area contributed by atoms with E-state index in [1.807, 2.05) is 0 Å². The van der Waals surface area contributed by atoms with Gasteiger partial charge in [0.05, 0.1) is 13.2 Å². The number of phosphoric acid groups is 1. The first kappa shape index (κ1) is 25.7. The van der Waals surface area contributed by atoms with Crippen molar-refractivity contribution in [3.63, 3.8) is 0 Å². The van der Waals surface area contributed by atoms with Crippen molar-refractivity contribution < 1.29 is 59.3 Å². The standard InChI is InChI=1S/C16H35O4P.Nd/c1-5-9-11-15(7-3)13-19-21(17,18)20-14-16(8-4)12-10-6-2;/h15-16H,5-14H2,1-4H3,(H,17,18);/p-1. The van der Waals surface area contributed by atoms with Crippen LogP contribution in [0.25, 0.3) is 0 Å². The minimum Gasteiger partial charge on any atom is -0.756 e. The molecule has 0 aliphatic heterocycles. The van der Waals surface area contributed by atoms with Crippen LogP contribution < -0.4 is 4.89 Å². The summed E-state index contributed by atoms with van der Waals surface area (Å²) in [6.07, 6.45) is 8.38. The van der Waals surface area contributed by atoms with E-state index < -0.39 is 7.82 Å². The number of unbranched alkanes of at least 4 members (excludes halogenated alkanes) is 2. The zero-order valence-corrected chi connectivity index (χ0v) is 18.9. The van der Waals surface area contributed by atoms with Crippen LogP contribution in [0.5, 0.6) is 0 Å². The molecule has 0 rings (SSSR count). The quantitative estimate of drug-likeness (QED) is 0.342. The normalized spacial score (nSPS) is 16.6. The smallest absolute Gasteiger partial charge is 0.267 e. The van der Waals surface area contributed by atoms with Gasteiger partial charge in [0.15, 0.2) is 0 Å². The Bertz CT molecular complexity index is 265. The molecular formula is C16H34NdO4P-. The third-order valence-electron chi connectivity index (χ3n) is 4.02. The molecule has 0 aliphatic rings. The van der Waals surface area contributed by atoms with Gasteiger partial charge < -0.3 is 13.9 Å². The van der Waals surface area contributed by atoms with Crippen molar-refractivity contribution in [1.82, 2.24) is 0 Å². The van der Waals surface area contributed by atoms with Gasteiger partial charge in [0.1, 0.15) is 0 Å². The summed E-state index contributed by atoms with van der Waals surface area (Å²) < 4.78 is 21.9. The van der Waals surface area contributed by atoms with Crippen LogP contribution in [-0.4, -0.2) is 13.2 Å². The Kier molecular flexibility index (Phi) is 18.6. The Hall–Kier alpha value is 1.46. The molecule has 4 nitrogen and oxygen atoms in total. The van der Waals surface area contributed by atoms with Crippen LogP contribution in [0.3, 0.4) is 0 Å². The molecule has 6 heteroatoms. The number of phosphoric ester groups is 1. The van der Waals surface area contributed by atoms with E-state index in [0.717, 1.165) is 51.4 Å². The summed E-state index contributed by atoms with van der Waals surface area (Å²) in [5.41, 5.74) is 0. The molecule has 0 fully saturated rings. The van der Waals surface area contributed by atoms with Gasteiger partial charge in [-0.05, 0) is 24.7 Å². The van der Waals surface area contributed by atoms with Crippen LogP contribution in [-0.2, 0) is 13.6 Å². The summed E-state index contributed by atoms with van der Waals surface area (Å²) in [6, 6.07) is 0. The molecule has 0 N–H and O–H groups in total. The fourth-order valence-electron chi connectivity index (χ4n) is 2.23. The maximum absolute atomic E-state index is 11.8. The molecule has 0 aromatic heterocycles. The SMILES string of the molecule is CCCCC(CC)COP(=O)([O-])OCC(CC)CCCC.[Nd]. The van der Waals surface area contributed by atoms with Crippen LogP contribution in [0.4, 0.5) is 0 Å². The van der Waals surface area contributed by atoms with E-state index in [0.29, 0.717) is 11.8 Å². The largest absolute Gasteiger partial charge is 0.756 e. The van der Waals surface area contributed by atoms with E-state index in [4.69, 9.17) is 9.05 Å². The van der Waals surface area contributed by atoms with Gasteiger partial charge in [-0.25, -0.2) is 0 Å². The molecule has 0 saturated heterocycles. The average molecular weight is 466 g/mol. The van der Waals surface area contributed by atoms with Crippen LogP contribution in [0.2, 0.25) is 0 Å². The maximum atomic E-state index is 11.8. The fraction of sp³-hybridized carbons (Fsp3) is 1.00. The fourth-order valence-corrected chi connectivity index (χ4v) is 3.09. The topological polar surface area (TPSA) is 58.6 Å².